The molecule has 0 unspecified atom stereocenters. The van der Waals surface area contributed by atoms with E-state index in [2.05, 4.69) is 4.98 Å². The molecule has 2 saturated heterocycles. The molecule has 1 aromatic rings. The summed E-state index contributed by atoms with van der Waals surface area (Å²) in [4.78, 5) is 43.6. The van der Waals surface area contributed by atoms with Gasteiger partial charge < -0.3 is 14.4 Å². The molecule has 3 aliphatic rings. The van der Waals surface area contributed by atoms with Crippen molar-refractivity contribution in [2.24, 2.45) is 0 Å². The number of carbonyl (C=O) groups is 3. The van der Waals surface area contributed by atoms with Crippen molar-refractivity contribution in [3.05, 3.63) is 29.6 Å². The summed E-state index contributed by atoms with van der Waals surface area (Å²) in [7, 11) is 0. The van der Waals surface area contributed by atoms with Crippen molar-refractivity contribution in [2.45, 2.75) is 18.6 Å². The second-order valence-corrected chi connectivity index (χ2v) is 6.08. The maximum absolute atomic E-state index is 12.5. The van der Waals surface area contributed by atoms with Crippen molar-refractivity contribution in [1.82, 2.24) is 14.8 Å². The average molecular weight is 331 g/mol. The van der Waals surface area contributed by atoms with Crippen molar-refractivity contribution in [1.29, 1.82) is 0 Å². The number of aromatic nitrogens is 1. The lowest BCUT2D eigenvalue weighted by Gasteiger charge is -2.37. The van der Waals surface area contributed by atoms with Crippen LogP contribution in [0.5, 0.6) is 0 Å². The molecule has 3 amide bonds. The van der Waals surface area contributed by atoms with Gasteiger partial charge in [0.05, 0.1) is 18.8 Å². The van der Waals surface area contributed by atoms with Crippen LogP contribution in [0, 0.1) is 0 Å². The third-order valence-electron chi connectivity index (χ3n) is 4.72. The first-order valence-corrected chi connectivity index (χ1v) is 7.97. The topological polar surface area (TPSA) is 89.0 Å². The van der Waals surface area contributed by atoms with Gasteiger partial charge in [0, 0.05) is 32.1 Å². The maximum Gasteiger partial charge on any atom is 0.280 e. The SMILES string of the molecule is O=C(CN1C(=O)c2cccnc2C1=O)N1CCC2(CC1)OCCO2. The molecule has 1 aromatic heterocycles. The Morgan fingerprint density at radius 2 is 1.88 bits per heavy atom. The molecule has 8 heteroatoms. The molecule has 0 N–H and O–H groups in total. The number of amides is 3. The highest BCUT2D eigenvalue weighted by molar-refractivity contribution is 6.21. The van der Waals surface area contributed by atoms with Gasteiger partial charge in [-0.3, -0.25) is 24.3 Å². The van der Waals surface area contributed by atoms with E-state index in [1.54, 1.807) is 17.0 Å². The van der Waals surface area contributed by atoms with E-state index in [0.717, 1.165) is 4.90 Å². The van der Waals surface area contributed by atoms with Gasteiger partial charge in [-0.2, -0.15) is 0 Å². The van der Waals surface area contributed by atoms with Gasteiger partial charge in [-0.1, -0.05) is 0 Å². The largest absolute Gasteiger partial charge is 0.347 e. The number of hydrogen-bond acceptors (Lipinski definition) is 6. The van der Waals surface area contributed by atoms with Crippen LogP contribution < -0.4 is 0 Å². The summed E-state index contributed by atoms with van der Waals surface area (Å²) in [6, 6.07) is 3.15. The van der Waals surface area contributed by atoms with Gasteiger partial charge >= 0.3 is 0 Å². The van der Waals surface area contributed by atoms with E-state index in [4.69, 9.17) is 9.47 Å². The predicted molar refractivity (Wildman–Crippen MR) is 80.1 cm³/mol. The zero-order valence-corrected chi connectivity index (χ0v) is 13.1. The smallest absolute Gasteiger partial charge is 0.280 e. The third-order valence-corrected chi connectivity index (χ3v) is 4.72. The fraction of sp³-hybridized carbons (Fsp3) is 0.500. The monoisotopic (exact) mass is 331 g/mol. The second-order valence-electron chi connectivity index (χ2n) is 6.08. The number of ether oxygens (including phenoxy) is 2. The first-order chi connectivity index (χ1) is 11.6. The molecule has 126 valence electrons. The van der Waals surface area contributed by atoms with Gasteiger partial charge in [-0.15, -0.1) is 0 Å². The summed E-state index contributed by atoms with van der Waals surface area (Å²) in [5, 5.41) is 0. The number of pyridine rings is 1. The van der Waals surface area contributed by atoms with E-state index in [0.29, 0.717) is 39.1 Å². The van der Waals surface area contributed by atoms with Crippen LogP contribution in [-0.4, -0.2) is 71.1 Å². The Hall–Kier alpha value is -2.32. The first kappa shape index (κ1) is 15.2. The fourth-order valence-electron chi connectivity index (χ4n) is 3.38. The highest BCUT2D eigenvalue weighted by atomic mass is 16.7. The van der Waals surface area contributed by atoms with Crippen molar-refractivity contribution < 1.29 is 23.9 Å². The van der Waals surface area contributed by atoms with Crippen LogP contribution in [0.2, 0.25) is 0 Å². The van der Waals surface area contributed by atoms with Crippen LogP contribution in [0.25, 0.3) is 0 Å². The molecule has 4 rings (SSSR count). The Morgan fingerprint density at radius 1 is 1.17 bits per heavy atom. The summed E-state index contributed by atoms with van der Waals surface area (Å²) < 4.78 is 11.3. The van der Waals surface area contributed by atoms with E-state index in [1.165, 1.54) is 6.20 Å². The standard InChI is InChI=1S/C16H17N3O5/c20-12(18-6-3-16(4-7-18)23-8-9-24-16)10-19-14(21)11-2-1-5-17-13(11)15(19)22/h1-2,5H,3-4,6-10H2. The van der Waals surface area contributed by atoms with Crippen LogP contribution in [-0.2, 0) is 14.3 Å². The lowest BCUT2D eigenvalue weighted by atomic mass is 10.0. The second kappa shape index (κ2) is 5.64. The molecular formula is C16H17N3O5. The fourth-order valence-corrected chi connectivity index (χ4v) is 3.38. The zero-order chi connectivity index (χ0) is 16.7. The van der Waals surface area contributed by atoms with Crippen LogP contribution >= 0.6 is 0 Å². The number of imide groups is 1. The number of rotatable bonds is 2. The molecule has 0 bridgehead atoms. The van der Waals surface area contributed by atoms with Gasteiger partial charge in [0.1, 0.15) is 12.2 Å². The molecular weight excluding hydrogens is 314 g/mol. The molecule has 0 aromatic carbocycles. The number of nitrogens with zero attached hydrogens (tertiary/aromatic N) is 3. The van der Waals surface area contributed by atoms with Crippen LogP contribution in [0.4, 0.5) is 0 Å². The Bertz CT molecular complexity index is 668. The van der Waals surface area contributed by atoms with Crippen LogP contribution in [0.1, 0.15) is 33.7 Å². The highest BCUT2D eigenvalue weighted by Crippen LogP contribution is 2.31. The molecule has 24 heavy (non-hydrogen) atoms. The van der Waals surface area contributed by atoms with E-state index in [-0.39, 0.29) is 23.7 Å². The number of fused-ring (bicyclic) bond motifs is 1. The number of carbonyl (C=O) groups excluding carboxylic acids is 3. The normalized spacial score (nSPS) is 22.3. The summed E-state index contributed by atoms with van der Waals surface area (Å²) in [6.07, 6.45) is 2.66. The van der Waals surface area contributed by atoms with Gasteiger partial charge in [0.2, 0.25) is 5.91 Å². The minimum atomic E-state index is -0.559. The summed E-state index contributed by atoms with van der Waals surface area (Å²) >= 11 is 0. The minimum absolute atomic E-state index is 0.112. The van der Waals surface area contributed by atoms with Gasteiger partial charge in [-0.05, 0) is 12.1 Å². The van der Waals surface area contributed by atoms with E-state index in [1.807, 2.05) is 0 Å². The Morgan fingerprint density at radius 3 is 2.54 bits per heavy atom. The number of piperidine rings is 1. The third kappa shape index (κ3) is 2.38. The van der Waals surface area contributed by atoms with E-state index >= 15 is 0 Å². The quantitative estimate of drug-likeness (QED) is 0.711. The Labute approximate surface area is 138 Å². The lowest BCUT2D eigenvalue weighted by Crippen LogP contribution is -2.50. The Kier molecular flexibility index (Phi) is 3.58. The molecule has 2 fully saturated rings. The lowest BCUT2D eigenvalue weighted by molar-refractivity contribution is -0.187. The van der Waals surface area contributed by atoms with E-state index < -0.39 is 17.6 Å². The van der Waals surface area contributed by atoms with Gasteiger partial charge in [0.25, 0.3) is 11.8 Å². The summed E-state index contributed by atoms with van der Waals surface area (Å²) in [5.41, 5.74) is 0.362. The van der Waals surface area contributed by atoms with Crippen LogP contribution in [0.15, 0.2) is 18.3 Å². The van der Waals surface area contributed by atoms with Crippen molar-refractivity contribution in [3.8, 4) is 0 Å². The van der Waals surface area contributed by atoms with Crippen LogP contribution in [0.3, 0.4) is 0 Å². The predicted octanol–water partition coefficient (Wildman–Crippen LogP) is 0.0431. The summed E-state index contributed by atoms with van der Waals surface area (Å²) in [5.74, 6) is -1.79. The summed E-state index contributed by atoms with van der Waals surface area (Å²) in [6.45, 7) is 1.87. The molecule has 1 spiro atoms. The van der Waals surface area contributed by atoms with Crippen molar-refractivity contribution in [3.63, 3.8) is 0 Å². The minimum Gasteiger partial charge on any atom is -0.347 e. The van der Waals surface area contributed by atoms with Crippen molar-refractivity contribution >= 4 is 17.7 Å². The highest BCUT2D eigenvalue weighted by Gasteiger charge is 2.42. The van der Waals surface area contributed by atoms with Gasteiger partial charge in [-0.25, -0.2) is 0 Å². The van der Waals surface area contributed by atoms with E-state index in [9.17, 15) is 14.4 Å². The molecule has 0 radical (unpaired) electrons. The molecule has 8 nitrogen and oxygen atoms in total. The van der Waals surface area contributed by atoms with Gasteiger partial charge in [0.15, 0.2) is 5.79 Å². The zero-order valence-electron chi connectivity index (χ0n) is 13.1. The first-order valence-electron chi connectivity index (χ1n) is 7.97. The number of hydrogen-bond donors (Lipinski definition) is 0. The van der Waals surface area contributed by atoms with Crippen molar-refractivity contribution in [2.75, 3.05) is 32.8 Å². The molecule has 0 aliphatic carbocycles. The Balaban J connectivity index is 1.41. The number of likely N-dealkylation sites (tertiary alicyclic amines) is 1. The molecule has 3 aliphatic heterocycles. The average Bonchev–Trinajstić information content (AvgIpc) is 3.15. The maximum atomic E-state index is 12.5. The molecule has 4 heterocycles. The molecule has 0 atom stereocenters. The molecule has 0 saturated carbocycles.